The molecule has 0 saturated heterocycles. The summed E-state index contributed by atoms with van der Waals surface area (Å²) in [4.78, 5) is 22.7. The summed E-state index contributed by atoms with van der Waals surface area (Å²) in [5.41, 5.74) is 3.59. The van der Waals surface area contributed by atoms with E-state index in [1.165, 1.54) is 57.9 Å². The number of carbonyl (C=O) groups is 2. The van der Waals surface area contributed by atoms with Gasteiger partial charge in [-0.1, -0.05) is 18.1 Å². The second kappa shape index (κ2) is 7.50. The predicted octanol–water partition coefficient (Wildman–Crippen LogP) is 5.06. The molecule has 0 radical (unpaired) electrons. The molecule has 3 fully saturated rings. The molecule has 0 unspecified atom stereocenters. The summed E-state index contributed by atoms with van der Waals surface area (Å²) in [6.45, 7) is 8.42. The summed E-state index contributed by atoms with van der Waals surface area (Å²) < 4.78 is 11.0. The summed E-state index contributed by atoms with van der Waals surface area (Å²) in [5.74, 6) is 3.09. The lowest BCUT2D eigenvalue weighted by Crippen LogP contribution is -2.51. The SMILES string of the molecule is CC(=O)OC[C@H]1C[C@@H]2C(=C1C)CC[C@H]1[C@H]2CC[C@H]2C[C@@H](OC(C)=O)CC[C@@]21C. The van der Waals surface area contributed by atoms with Crippen LogP contribution < -0.4 is 0 Å². The van der Waals surface area contributed by atoms with Crippen LogP contribution in [-0.2, 0) is 19.1 Å². The molecule has 0 aromatic rings. The van der Waals surface area contributed by atoms with Crippen molar-refractivity contribution in [1.82, 2.24) is 0 Å². The molecule has 28 heavy (non-hydrogen) atoms. The van der Waals surface area contributed by atoms with Crippen LogP contribution in [0.5, 0.6) is 0 Å². The Hall–Kier alpha value is -1.32. The lowest BCUT2D eigenvalue weighted by atomic mass is 9.47. The van der Waals surface area contributed by atoms with E-state index >= 15 is 0 Å². The monoisotopic (exact) mass is 388 g/mol. The van der Waals surface area contributed by atoms with E-state index in [0.717, 1.165) is 24.7 Å². The number of hydrogen-bond donors (Lipinski definition) is 0. The van der Waals surface area contributed by atoms with Gasteiger partial charge in [0, 0.05) is 19.8 Å². The molecule has 0 heterocycles. The van der Waals surface area contributed by atoms with Crippen LogP contribution in [0.1, 0.15) is 79.1 Å². The fourth-order valence-electron chi connectivity index (χ4n) is 7.49. The van der Waals surface area contributed by atoms with E-state index in [1.807, 2.05) is 0 Å². The minimum atomic E-state index is -0.164. The summed E-state index contributed by atoms with van der Waals surface area (Å²) in [6.07, 6.45) is 9.69. The Morgan fingerprint density at radius 1 is 1.07 bits per heavy atom. The van der Waals surface area contributed by atoms with Gasteiger partial charge in [-0.15, -0.1) is 0 Å². The zero-order valence-electron chi connectivity index (χ0n) is 18.0. The molecule has 0 bridgehead atoms. The van der Waals surface area contributed by atoms with Crippen molar-refractivity contribution in [3.8, 4) is 0 Å². The molecule has 7 atom stereocenters. The summed E-state index contributed by atoms with van der Waals surface area (Å²) in [6, 6.07) is 0. The zero-order valence-corrected chi connectivity index (χ0v) is 18.0. The van der Waals surface area contributed by atoms with E-state index in [2.05, 4.69) is 13.8 Å². The number of ether oxygens (including phenoxy) is 2. The molecule has 4 heteroatoms. The van der Waals surface area contributed by atoms with Crippen molar-refractivity contribution in [2.24, 2.45) is 35.0 Å². The maximum atomic E-state index is 11.4. The molecule has 0 N–H and O–H groups in total. The Kier molecular flexibility index (Phi) is 5.35. The third-order valence-corrected chi connectivity index (χ3v) is 8.86. The van der Waals surface area contributed by atoms with Crippen molar-refractivity contribution in [2.45, 2.75) is 85.2 Å². The van der Waals surface area contributed by atoms with Gasteiger partial charge in [-0.25, -0.2) is 0 Å². The van der Waals surface area contributed by atoms with E-state index in [4.69, 9.17) is 9.47 Å². The van der Waals surface area contributed by atoms with Crippen molar-refractivity contribution in [1.29, 1.82) is 0 Å². The lowest BCUT2D eigenvalue weighted by molar-refractivity contribution is -0.155. The van der Waals surface area contributed by atoms with Crippen molar-refractivity contribution in [3.05, 3.63) is 11.1 Å². The highest BCUT2D eigenvalue weighted by atomic mass is 16.5. The van der Waals surface area contributed by atoms with Crippen LogP contribution >= 0.6 is 0 Å². The molecule has 4 aliphatic rings. The Balaban J connectivity index is 1.48. The Morgan fingerprint density at radius 3 is 2.57 bits per heavy atom. The number of carbonyl (C=O) groups excluding carboxylic acids is 2. The molecule has 4 rings (SSSR count). The van der Waals surface area contributed by atoms with Crippen LogP contribution in [-0.4, -0.2) is 24.6 Å². The highest BCUT2D eigenvalue weighted by molar-refractivity contribution is 5.66. The second-order valence-electron chi connectivity index (χ2n) is 10.1. The number of esters is 2. The van der Waals surface area contributed by atoms with Gasteiger partial charge in [-0.05, 0) is 87.4 Å². The maximum absolute atomic E-state index is 11.4. The maximum Gasteiger partial charge on any atom is 0.302 e. The first kappa shape index (κ1) is 20.0. The molecule has 0 aliphatic heterocycles. The second-order valence-corrected chi connectivity index (χ2v) is 10.1. The molecule has 0 aromatic heterocycles. The van der Waals surface area contributed by atoms with Gasteiger partial charge in [0.1, 0.15) is 6.10 Å². The molecule has 4 nitrogen and oxygen atoms in total. The summed E-state index contributed by atoms with van der Waals surface area (Å²) in [5, 5.41) is 0. The molecule has 156 valence electrons. The van der Waals surface area contributed by atoms with Crippen LogP contribution in [0.3, 0.4) is 0 Å². The molecular weight excluding hydrogens is 352 g/mol. The lowest BCUT2D eigenvalue weighted by Gasteiger charge is -2.58. The van der Waals surface area contributed by atoms with Gasteiger partial charge < -0.3 is 9.47 Å². The highest BCUT2D eigenvalue weighted by Crippen LogP contribution is 2.63. The number of allylic oxidation sites excluding steroid dienone is 1. The minimum Gasteiger partial charge on any atom is -0.465 e. The van der Waals surface area contributed by atoms with Crippen molar-refractivity contribution in [2.75, 3.05) is 6.61 Å². The predicted molar refractivity (Wildman–Crippen MR) is 107 cm³/mol. The van der Waals surface area contributed by atoms with Crippen LogP contribution in [0.2, 0.25) is 0 Å². The van der Waals surface area contributed by atoms with Crippen molar-refractivity contribution >= 4 is 11.9 Å². The first-order chi connectivity index (χ1) is 13.3. The Labute approximate surface area is 169 Å². The molecular formula is C24H36O4. The highest BCUT2D eigenvalue weighted by Gasteiger charge is 2.55. The van der Waals surface area contributed by atoms with Gasteiger partial charge >= 0.3 is 11.9 Å². The molecule has 0 spiro atoms. The largest absolute Gasteiger partial charge is 0.465 e. The summed E-state index contributed by atoms with van der Waals surface area (Å²) >= 11 is 0. The Bertz CT molecular complexity index is 680. The first-order valence-electron chi connectivity index (χ1n) is 11.3. The van der Waals surface area contributed by atoms with Crippen molar-refractivity contribution in [3.63, 3.8) is 0 Å². The standard InChI is InChI=1S/C24H36O4/c1-14-17(13-27-15(2)25)11-22-20(14)7-8-23-21(22)6-5-18-12-19(28-16(3)26)9-10-24(18,23)4/h17-19,21-23H,5-13H2,1-4H3/t17-,18+,19+,21+,22-,23+,24+/m1/s1. The van der Waals surface area contributed by atoms with E-state index in [9.17, 15) is 9.59 Å². The van der Waals surface area contributed by atoms with E-state index in [0.29, 0.717) is 29.8 Å². The number of hydrogen-bond acceptors (Lipinski definition) is 4. The fraction of sp³-hybridized carbons (Fsp3) is 0.833. The van der Waals surface area contributed by atoms with Gasteiger partial charge in [0.15, 0.2) is 0 Å². The van der Waals surface area contributed by atoms with Crippen LogP contribution in [0.15, 0.2) is 11.1 Å². The third-order valence-electron chi connectivity index (χ3n) is 8.86. The first-order valence-corrected chi connectivity index (χ1v) is 11.3. The smallest absolute Gasteiger partial charge is 0.302 e. The van der Waals surface area contributed by atoms with Gasteiger partial charge in [-0.2, -0.15) is 0 Å². The minimum absolute atomic E-state index is 0.130. The molecule has 3 saturated carbocycles. The molecule has 0 amide bonds. The van der Waals surface area contributed by atoms with Gasteiger partial charge in [0.2, 0.25) is 0 Å². The average molecular weight is 389 g/mol. The fourth-order valence-corrected chi connectivity index (χ4v) is 7.49. The normalized spacial score (nSPS) is 42.3. The van der Waals surface area contributed by atoms with Gasteiger partial charge in [0.05, 0.1) is 6.61 Å². The molecule has 0 aromatic carbocycles. The molecule has 4 aliphatic carbocycles. The summed E-state index contributed by atoms with van der Waals surface area (Å²) in [7, 11) is 0. The third kappa shape index (κ3) is 3.41. The van der Waals surface area contributed by atoms with E-state index in [-0.39, 0.29) is 18.0 Å². The van der Waals surface area contributed by atoms with Crippen LogP contribution in [0.25, 0.3) is 0 Å². The van der Waals surface area contributed by atoms with Crippen LogP contribution in [0, 0.1) is 35.0 Å². The Morgan fingerprint density at radius 2 is 1.86 bits per heavy atom. The van der Waals surface area contributed by atoms with Crippen molar-refractivity contribution < 1.29 is 19.1 Å². The van der Waals surface area contributed by atoms with Crippen LogP contribution in [0.4, 0.5) is 0 Å². The number of rotatable bonds is 3. The van der Waals surface area contributed by atoms with E-state index < -0.39 is 0 Å². The van der Waals surface area contributed by atoms with E-state index in [1.54, 1.807) is 5.57 Å². The zero-order chi connectivity index (χ0) is 20.1. The topological polar surface area (TPSA) is 52.6 Å². The van der Waals surface area contributed by atoms with Gasteiger partial charge in [-0.3, -0.25) is 9.59 Å². The number of fused-ring (bicyclic) bond motifs is 5. The quantitative estimate of drug-likeness (QED) is 0.501. The average Bonchev–Trinajstić information content (AvgIpc) is 2.96. The van der Waals surface area contributed by atoms with Gasteiger partial charge in [0.25, 0.3) is 0 Å².